The van der Waals surface area contributed by atoms with Gasteiger partial charge in [0.1, 0.15) is 5.75 Å². The zero-order chi connectivity index (χ0) is 44.9. The predicted molar refractivity (Wildman–Crippen MR) is 223 cm³/mol. The minimum Gasteiger partial charge on any atom is -0.494 e. The number of ether oxygens (including phenoxy) is 1. The number of benzene rings is 2. The summed E-state index contributed by atoms with van der Waals surface area (Å²) < 4.78 is 5.86. The SMILES string of the molecule is CCN(CCN(CCN(CC(=O)O)CC(=O)NCc1ccc(CCC(=O)[C@@H]2Cc3ccc(cc3)OCCC[C@H](C(=O)ON)[C@@H](CC(C)C)C(=O)N2)cc1)CC(=O)O)CC(=O)O. The Balaban J connectivity index is 1.61. The number of aryl methyl sites for hydroxylation is 1. The molecule has 0 aromatic heterocycles. The molecular formula is C43H62N6O12. The van der Waals surface area contributed by atoms with Crippen LogP contribution in [0.25, 0.3) is 0 Å². The van der Waals surface area contributed by atoms with Gasteiger partial charge < -0.3 is 35.5 Å². The fourth-order valence-corrected chi connectivity index (χ4v) is 7.21. The van der Waals surface area contributed by atoms with Crippen molar-refractivity contribution in [2.45, 2.75) is 71.9 Å². The molecule has 0 fully saturated rings. The van der Waals surface area contributed by atoms with Crippen molar-refractivity contribution >= 4 is 41.5 Å². The summed E-state index contributed by atoms with van der Waals surface area (Å²) in [6, 6.07) is 13.8. The fourth-order valence-electron chi connectivity index (χ4n) is 7.21. The normalized spacial score (nSPS) is 17.1. The summed E-state index contributed by atoms with van der Waals surface area (Å²) in [5.41, 5.74) is 2.44. The number of carbonyl (C=O) groups excluding carboxylic acids is 4. The highest BCUT2D eigenvalue weighted by Gasteiger charge is 2.37. The van der Waals surface area contributed by atoms with E-state index in [4.69, 9.17) is 15.7 Å². The highest BCUT2D eigenvalue weighted by atomic mass is 16.7. The van der Waals surface area contributed by atoms with Crippen molar-refractivity contribution in [3.8, 4) is 5.75 Å². The minimum absolute atomic E-state index is 0.0685. The average Bonchev–Trinajstić information content (AvgIpc) is 3.21. The molecule has 3 atom stereocenters. The molecule has 0 aliphatic carbocycles. The Morgan fingerprint density at radius 2 is 1.41 bits per heavy atom. The van der Waals surface area contributed by atoms with Gasteiger partial charge in [-0.3, -0.25) is 48.3 Å². The van der Waals surface area contributed by atoms with Gasteiger partial charge in [-0.25, -0.2) is 0 Å². The van der Waals surface area contributed by atoms with Crippen LogP contribution in [-0.2, 0) is 57.8 Å². The van der Waals surface area contributed by atoms with Crippen LogP contribution < -0.4 is 21.3 Å². The van der Waals surface area contributed by atoms with Gasteiger partial charge in [-0.05, 0) is 73.4 Å². The van der Waals surface area contributed by atoms with E-state index in [1.807, 2.05) is 62.4 Å². The van der Waals surface area contributed by atoms with Crippen LogP contribution in [-0.4, -0.2) is 143 Å². The molecule has 7 N–H and O–H groups in total. The third-order valence-corrected chi connectivity index (χ3v) is 10.5. The number of rotatable bonds is 24. The van der Waals surface area contributed by atoms with E-state index in [0.29, 0.717) is 51.1 Å². The van der Waals surface area contributed by atoms with E-state index in [-0.39, 0.29) is 70.4 Å². The number of carboxylic acid groups (broad SMARTS) is 3. The summed E-state index contributed by atoms with van der Waals surface area (Å²) in [6.45, 7) is 6.16. The first-order valence-corrected chi connectivity index (χ1v) is 20.7. The van der Waals surface area contributed by atoms with Crippen LogP contribution in [0.3, 0.4) is 0 Å². The van der Waals surface area contributed by atoms with Gasteiger partial charge in [-0.1, -0.05) is 57.2 Å². The Morgan fingerprint density at radius 3 is 2.00 bits per heavy atom. The molecule has 2 aromatic carbocycles. The van der Waals surface area contributed by atoms with Gasteiger partial charge in [-0.15, -0.1) is 0 Å². The van der Waals surface area contributed by atoms with Gasteiger partial charge in [0, 0.05) is 39.1 Å². The third-order valence-electron chi connectivity index (χ3n) is 10.5. The lowest BCUT2D eigenvalue weighted by Crippen LogP contribution is -2.48. The van der Waals surface area contributed by atoms with E-state index in [9.17, 15) is 43.8 Å². The van der Waals surface area contributed by atoms with E-state index >= 15 is 0 Å². The Morgan fingerprint density at radius 1 is 0.836 bits per heavy atom. The molecule has 336 valence electrons. The molecule has 2 heterocycles. The number of carboxylic acids is 3. The summed E-state index contributed by atoms with van der Waals surface area (Å²) in [7, 11) is 0. The largest absolute Gasteiger partial charge is 0.494 e. The molecule has 2 aliphatic heterocycles. The highest BCUT2D eigenvalue weighted by molar-refractivity contribution is 5.92. The summed E-state index contributed by atoms with van der Waals surface area (Å²) >= 11 is 0. The molecule has 61 heavy (non-hydrogen) atoms. The zero-order valence-corrected chi connectivity index (χ0v) is 35.4. The Labute approximate surface area is 356 Å². The second kappa shape index (κ2) is 26.0. The van der Waals surface area contributed by atoms with Crippen LogP contribution in [0.2, 0.25) is 0 Å². The summed E-state index contributed by atoms with van der Waals surface area (Å²) in [5, 5.41) is 33.7. The number of carbonyl (C=O) groups is 7. The van der Waals surface area contributed by atoms with Crippen LogP contribution in [0, 0.1) is 17.8 Å². The summed E-state index contributed by atoms with van der Waals surface area (Å²) in [6.07, 6.45) is 1.92. The number of hydrogen-bond donors (Lipinski definition) is 6. The molecular weight excluding hydrogens is 793 g/mol. The molecule has 2 bridgehead atoms. The quantitative estimate of drug-likeness (QED) is 0.0820. The molecule has 0 unspecified atom stereocenters. The maximum atomic E-state index is 13.9. The van der Waals surface area contributed by atoms with Crippen LogP contribution in [0.15, 0.2) is 48.5 Å². The highest BCUT2D eigenvalue weighted by Crippen LogP contribution is 2.28. The maximum Gasteiger partial charge on any atom is 0.328 e. The number of aliphatic carboxylic acids is 3. The molecule has 0 radical (unpaired) electrons. The first-order chi connectivity index (χ1) is 29.1. The number of nitrogens with zero attached hydrogens (tertiary/aromatic N) is 3. The molecule has 18 heteroatoms. The number of Topliss-reactive ketones (excluding diaryl/α,β-unsaturated/α-hetero) is 1. The van der Waals surface area contributed by atoms with Gasteiger partial charge in [0.2, 0.25) is 11.8 Å². The van der Waals surface area contributed by atoms with Gasteiger partial charge in [0.05, 0.1) is 50.7 Å². The third kappa shape index (κ3) is 18.8. The van der Waals surface area contributed by atoms with Gasteiger partial charge in [0.15, 0.2) is 5.78 Å². The smallest absolute Gasteiger partial charge is 0.328 e. The number of fused-ring (bicyclic) bond motifs is 11. The van der Waals surface area contributed by atoms with Crippen molar-refractivity contribution in [2.75, 3.05) is 65.5 Å². The van der Waals surface area contributed by atoms with E-state index in [0.717, 1.165) is 16.7 Å². The van der Waals surface area contributed by atoms with Crippen LogP contribution in [0.5, 0.6) is 5.75 Å². The summed E-state index contributed by atoms with van der Waals surface area (Å²) in [4.78, 5) is 96.9. The monoisotopic (exact) mass is 854 g/mol. The van der Waals surface area contributed by atoms with E-state index in [1.54, 1.807) is 16.7 Å². The molecule has 2 amide bonds. The Hall–Kier alpha value is -5.43. The summed E-state index contributed by atoms with van der Waals surface area (Å²) in [5.74, 6) is -0.541. The van der Waals surface area contributed by atoms with Crippen molar-refractivity contribution in [3.63, 3.8) is 0 Å². The Kier molecular flexibility index (Phi) is 21.3. The second-order valence-electron chi connectivity index (χ2n) is 15.8. The van der Waals surface area contributed by atoms with Crippen molar-refractivity contribution < 1.29 is 58.5 Å². The molecule has 4 rings (SSSR count). The lowest BCUT2D eigenvalue weighted by Gasteiger charge is -2.28. The van der Waals surface area contributed by atoms with E-state index in [1.165, 1.54) is 4.90 Å². The van der Waals surface area contributed by atoms with Crippen LogP contribution in [0.4, 0.5) is 0 Å². The molecule has 0 saturated carbocycles. The zero-order valence-electron chi connectivity index (χ0n) is 35.4. The first-order valence-electron chi connectivity index (χ1n) is 20.7. The van der Waals surface area contributed by atoms with E-state index in [2.05, 4.69) is 15.5 Å². The number of amides is 2. The van der Waals surface area contributed by atoms with Crippen LogP contribution >= 0.6 is 0 Å². The lowest BCUT2D eigenvalue weighted by molar-refractivity contribution is -0.154. The van der Waals surface area contributed by atoms with Gasteiger partial charge in [-0.2, -0.15) is 5.90 Å². The first kappa shape index (κ1) is 49.9. The minimum atomic E-state index is -1.16. The average molecular weight is 855 g/mol. The number of nitrogens with two attached hydrogens (primary N) is 1. The fraction of sp³-hybridized carbons (Fsp3) is 0.558. The molecule has 2 aliphatic rings. The van der Waals surface area contributed by atoms with Crippen molar-refractivity contribution in [1.82, 2.24) is 25.3 Å². The molecule has 0 spiro atoms. The Bertz CT molecular complexity index is 1760. The van der Waals surface area contributed by atoms with Crippen molar-refractivity contribution in [1.29, 1.82) is 0 Å². The van der Waals surface area contributed by atoms with Crippen molar-refractivity contribution in [3.05, 3.63) is 65.2 Å². The maximum absolute atomic E-state index is 13.9. The number of ketones is 1. The molecule has 0 saturated heterocycles. The number of likely N-dealkylation sites (N-methyl/N-ethyl adjacent to an activating group) is 1. The molecule has 18 nitrogen and oxygen atoms in total. The van der Waals surface area contributed by atoms with Gasteiger partial charge in [0.25, 0.3) is 0 Å². The van der Waals surface area contributed by atoms with E-state index < -0.39 is 60.1 Å². The van der Waals surface area contributed by atoms with Gasteiger partial charge >= 0.3 is 23.9 Å². The predicted octanol–water partition coefficient (Wildman–Crippen LogP) is 1.58. The second-order valence-corrected chi connectivity index (χ2v) is 15.8. The van der Waals surface area contributed by atoms with Crippen molar-refractivity contribution in [2.24, 2.45) is 23.7 Å². The topological polar surface area (TPSA) is 258 Å². The van der Waals surface area contributed by atoms with Crippen LogP contribution in [0.1, 0.15) is 63.1 Å². The number of hydrogen-bond acceptors (Lipinski definition) is 13. The molecule has 2 aromatic rings. The lowest BCUT2D eigenvalue weighted by atomic mass is 9.81. The number of nitrogens with one attached hydrogen (secondary N) is 2. The standard InChI is InChI=1S/C43H62N6O12/c1-4-47(26-39(52)53)17-18-48(27-40(54)55)19-20-49(28-41(56)57)25-38(51)45-24-32-9-7-30(8-10-32)13-16-37(50)36-23-31-11-14-33(15-12-31)60-21-5-6-34(43(59)61-44)35(22-29(2)3)42(58)46-36/h7-12,14-15,29,34-36H,4-6,13,16-28,44H2,1-3H3,(H,45,51)(H,46,58)(H,52,53)(H,54,55)(H,56,57)/t34-,35+,36-/m0/s1.